The molecule has 1 aliphatic heterocycles. The van der Waals surface area contributed by atoms with Gasteiger partial charge in [0.05, 0.1) is 12.7 Å². The summed E-state index contributed by atoms with van der Waals surface area (Å²) in [6.07, 6.45) is 7.79. The van der Waals surface area contributed by atoms with Crippen LogP contribution in [-0.4, -0.2) is 34.4 Å². The van der Waals surface area contributed by atoms with E-state index in [1.807, 2.05) is 18.3 Å². The first-order chi connectivity index (χ1) is 10.8. The second-order valence-corrected chi connectivity index (χ2v) is 5.61. The van der Waals surface area contributed by atoms with Crippen molar-refractivity contribution in [1.29, 1.82) is 0 Å². The summed E-state index contributed by atoms with van der Waals surface area (Å²) in [4.78, 5) is 6.24. The number of hydrogen-bond donors (Lipinski definition) is 0. The predicted octanol–water partition coefficient (Wildman–Crippen LogP) is 2.60. The Hall–Kier alpha value is -1.95. The molecule has 22 heavy (non-hydrogen) atoms. The van der Waals surface area contributed by atoms with Crippen LogP contribution in [0.15, 0.2) is 28.9 Å². The van der Waals surface area contributed by atoms with Crippen molar-refractivity contribution in [2.75, 3.05) is 18.0 Å². The summed E-state index contributed by atoms with van der Waals surface area (Å²) >= 11 is 0. The number of hydrogen-bond acceptors (Lipinski definition) is 6. The van der Waals surface area contributed by atoms with Crippen LogP contribution in [0.2, 0.25) is 0 Å². The van der Waals surface area contributed by atoms with E-state index in [9.17, 15) is 0 Å². The highest BCUT2D eigenvalue weighted by atomic mass is 16.5. The second kappa shape index (κ2) is 7.35. The van der Waals surface area contributed by atoms with Crippen LogP contribution in [0.5, 0.6) is 0 Å². The molecule has 6 heteroatoms. The number of anilines is 1. The number of aryl methyl sites for hydroxylation is 1. The number of aromatic nitrogens is 3. The molecule has 0 saturated carbocycles. The van der Waals surface area contributed by atoms with Gasteiger partial charge in [0.25, 0.3) is 0 Å². The van der Waals surface area contributed by atoms with Crippen LogP contribution in [0.1, 0.15) is 37.6 Å². The van der Waals surface area contributed by atoms with E-state index in [1.165, 1.54) is 0 Å². The van der Waals surface area contributed by atoms with Crippen LogP contribution in [0.4, 0.5) is 6.01 Å². The van der Waals surface area contributed by atoms with E-state index >= 15 is 0 Å². The summed E-state index contributed by atoms with van der Waals surface area (Å²) in [5.74, 6) is 0.718. The van der Waals surface area contributed by atoms with Crippen LogP contribution in [0, 0.1) is 0 Å². The van der Waals surface area contributed by atoms with Gasteiger partial charge in [0, 0.05) is 31.9 Å². The van der Waals surface area contributed by atoms with Gasteiger partial charge in [0.1, 0.15) is 0 Å². The minimum absolute atomic E-state index is 0.190. The van der Waals surface area contributed by atoms with Crippen molar-refractivity contribution in [1.82, 2.24) is 15.2 Å². The summed E-state index contributed by atoms with van der Waals surface area (Å²) in [5, 5.41) is 8.25. The molecule has 0 radical (unpaired) electrons. The van der Waals surface area contributed by atoms with Gasteiger partial charge in [-0.15, -0.1) is 5.10 Å². The molecule has 1 atom stereocenters. The third-order valence-electron chi connectivity index (χ3n) is 3.78. The first kappa shape index (κ1) is 15.0. The third kappa shape index (κ3) is 3.82. The normalized spacial score (nSPS) is 18.6. The van der Waals surface area contributed by atoms with Gasteiger partial charge in [-0.3, -0.25) is 4.98 Å². The van der Waals surface area contributed by atoms with E-state index in [4.69, 9.17) is 9.15 Å². The zero-order valence-electron chi connectivity index (χ0n) is 12.9. The Balaban J connectivity index is 1.54. The molecule has 0 unspecified atom stereocenters. The standard InChI is InChI=1S/C16H22N4O2/c1-2-5-15-18-19-16(22-15)20-9-4-7-14(11-20)21-12-13-6-3-8-17-10-13/h3,6,8,10,14H,2,4-5,7,9,11-12H2,1H3/t14-/m0/s1. The van der Waals surface area contributed by atoms with Gasteiger partial charge in [-0.2, -0.15) is 0 Å². The summed E-state index contributed by atoms with van der Waals surface area (Å²) in [6, 6.07) is 4.58. The molecule has 118 valence electrons. The van der Waals surface area contributed by atoms with Crippen LogP contribution >= 0.6 is 0 Å². The smallest absolute Gasteiger partial charge is 0.318 e. The highest BCUT2D eigenvalue weighted by Crippen LogP contribution is 2.21. The highest BCUT2D eigenvalue weighted by Gasteiger charge is 2.24. The monoisotopic (exact) mass is 302 g/mol. The Bertz CT molecular complexity index is 573. The molecule has 0 aromatic carbocycles. The molecule has 0 aliphatic carbocycles. The Morgan fingerprint density at radius 3 is 3.18 bits per heavy atom. The topological polar surface area (TPSA) is 64.3 Å². The summed E-state index contributed by atoms with van der Waals surface area (Å²) in [6.45, 7) is 4.44. The summed E-state index contributed by atoms with van der Waals surface area (Å²) in [5.41, 5.74) is 1.10. The molecule has 2 aromatic rings. The average molecular weight is 302 g/mol. The van der Waals surface area contributed by atoms with Gasteiger partial charge < -0.3 is 14.1 Å². The van der Waals surface area contributed by atoms with Crippen molar-refractivity contribution in [2.24, 2.45) is 0 Å². The van der Waals surface area contributed by atoms with Crippen LogP contribution in [0.25, 0.3) is 0 Å². The lowest BCUT2D eigenvalue weighted by Gasteiger charge is -2.31. The minimum atomic E-state index is 0.190. The Labute approximate surface area is 130 Å². The fourth-order valence-electron chi connectivity index (χ4n) is 2.63. The van der Waals surface area contributed by atoms with E-state index < -0.39 is 0 Å². The molecule has 3 heterocycles. The van der Waals surface area contributed by atoms with Crippen molar-refractivity contribution in [2.45, 2.75) is 45.3 Å². The van der Waals surface area contributed by atoms with E-state index in [0.29, 0.717) is 12.6 Å². The minimum Gasteiger partial charge on any atom is -0.408 e. The lowest BCUT2D eigenvalue weighted by molar-refractivity contribution is 0.0305. The zero-order chi connectivity index (χ0) is 15.2. The fourth-order valence-corrected chi connectivity index (χ4v) is 2.63. The molecule has 1 aliphatic rings. The van der Waals surface area contributed by atoms with E-state index in [1.54, 1.807) is 6.20 Å². The van der Waals surface area contributed by atoms with Crippen molar-refractivity contribution < 1.29 is 9.15 Å². The lowest BCUT2D eigenvalue weighted by Crippen LogP contribution is -2.39. The number of rotatable bonds is 6. The molecule has 1 fully saturated rings. The molecule has 0 bridgehead atoms. The molecule has 6 nitrogen and oxygen atoms in total. The second-order valence-electron chi connectivity index (χ2n) is 5.61. The highest BCUT2D eigenvalue weighted by molar-refractivity contribution is 5.25. The van der Waals surface area contributed by atoms with Crippen molar-refractivity contribution in [3.05, 3.63) is 36.0 Å². The number of ether oxygens (including phenoxy) is 1. The molecule has 0 N–H and O–H groups in total. The quantitative estimate of drug-likeness (QED) is 0.817. The SMILES string of the molecule is CCCc1nnc(N2CCC[C@H](OCc3cccnc3)C2)o1. The maximum absolute atomic E-state index is 6.00. The number of nitrogens with zero attached hydrogens (tertiary/aromatic N) is 4. The molecular formula is C16H22N4O2. The molecule has 2 aromatic heterocycles. The first-order valence-electron chi connectivity index (χ1n) is 7.93. The Morgan fingerprint density at radius 2 is 2.36 bits per heavy atom. The molecule has 1 saturated heterocycles. The van der Waals surface area contributed by atoms with E-state index in [0.717, 1.165) is 50.2 Å². The molecular weight excluding hydrogens is 280 g/mol. The maximum Gasteiger partial charge on any atom is 0.318 e. The van der Waals surface area contributed by atoms with Crippen molar-refractivity contribution >= 4 is 6.01 Å². The summed E-state index contributed by atoms with van der Waals surface area (Å²) in [7, 11) is 0. The first-order valence-corrected chi connectivity index (χ1v) is 7.93. The van der Waals surface area contributed by atoms with Gasteiger partial charge >= 0.3 is 6.01 Å². The zero-order valence-corrected chi connectivity index (χ0v) is 12.9. The number of piperidine rings is 1. The Morgan fingerprint density at radius 1 is 1.41 bits per heavy atom. The summed E-state index contributed by atoms with van der Waals surface area (Å²) < 4.78 is 11.7. The van der Waals surface area contributed by atoms with Gasteiger partial charge in [-0.05, 0) is 30.9 Å². The van der Waals surface area contributed by atoms with Crippen molar-refractivity contribution in [3.63, 3.8) is 0 Å². The van der Waals surface area contributed by atoms with E-state index in [2.05, 4.69) is 27.0 Å². The van der Waals surface area contributed by atoms with Crippen LogP contribution in [0.3, 0.4) is 0 Å². The number of pyridine rings is 1. The van der Waals surface area contributed by atoms with Crippen molar-refractivity contribution in [3.8, 4) is 0 Å². The van der Waals surface area contributed by atoms with Gasteiger partial charge in [0.15, 0.2) is 0 Å². The molecule has 3 rings (SSSR count). The van der Waals surface area contributed by atoms with Crippen LogP contribution < -0.4 is 4.90 Å². The largest absolute Gasteiger partial charge is 0.408 e. The predicted molar refractivity (Wildman–Crippen MR) is 82.6 cm³/mol. The Kier molecular flexibility index (Phi) is 5.00. The lowest BCUT2D eigenvalue weighted by atomic mass is 10.1. The molecule has 0 amide bonds. The maximum atomic E-state index is 6.00. The van der Waals surface area contributed by atoms with Gasteiger partial charge in [0.2, 0.25) is 5.89 Å². The van der Waals surface area contributed by atoms with E-state index in [-0.39, 0.29) is 6.10 Å². The van der Waals surface area contributed by atoms with Crippen LogP contribution in [-0.2, 0) is 17.8 Å². The third-order valence-corrected chi connectivity index (χ3v) is 3.78. The van der Waals surface area contributed by atoms with Gasteiger partial charge in [-0.1, -0.05) is 18.1 Å². The van der Waals surface area contributed by atoms with Gasteiger partial charge in [-0.25, -0.2) is 0 Å². The average Bonchev–Trinajstić information content (AvgIpc) is 3.03. The molecule has 0 spiro atoms. The fraction of sp³-hybridized carbons (Fsp3) is 0.562.